The van der Waals surface area contributed by atoms with Gasteiger partial charge in [0.25, 0.3) is 11.8 Å². The number of para-hydroxylation sites is 2. The summed E-state index contributed by atoms with van der Waals surface area (Å²) in [7, 11) is 0. The summed E-state index contributed by atoms with van der Waals surface area (Å²) in [6, 6.07) is 14.3. The van der Waals surface area contributed by atoms with Crippen molar-refractivity contribution in [2.75, 3.05) is 25.1 Å². The average molecular weight is 447 g/mol. The van der Waals surface area contributed by atoms with Crippen LogP contribution in [0, 0.1) is 0 Å². The maximum Gasteiger partial charge on any atom is 0.325 e. The Bertz CT molecular complexity index is 1080. The predicted octanol–water partition coefficient (Wildman–Crippen LogP) is 3.87. The van der Waals surface area contributed by atoms with Gasteiger partial charge in [0, 0.05) is 10.1 Å². The highest BCUT2D eigenvalue weighted by atomic mass is 35.5. The summed E-state index contributed by atoms with van der Waals surface area (Å²) in [4.78, 5) is 36.6. The minimum absolute atomic E-state index is 0.316. The number of halogens is 1. The third-order valence-corrected chi connectivity index (χ3v) is 5.63. The van der Waals surface area contributed by atoms with E-state index in [1.165, 1.54) is 11.3 Å². The molecular weight excluding hydrogens is 428 g/mol. The zero-order chi connectivity index (χ0) is 21.5. The van der Waals surface area contributed by atoms with Crippen molar-refractivity contribution in [3.8, 4) is 5.75 Å². The number of rotatable bonds is 8. The van der Waals surface area contributed by atoms with Gasteiger partial charge in [0.05, 0.1) is 17.3 Å². The number of amides is 2. The van der Waals surface area contributed by atoms with Gasteiger partial charge < -0.3 is 20.1 Å². The zero-order valence-corrected chi connectivity index (χ0v) is 17.6. The van der Waals surface area contributed by atoms with E-state index >= 15 is 0 Å². The maximum atomic E-state index is 12.3. The number of hydrogen-bond acceptors (Lipinski definition) is 6. The molecule has 0 atom stereocenters. The fourth-order valence-electron chi connectivity index (χ4n) is 2.63. The number of thiophene rings is 1. The molecule has 3 rings (SSSR count). The topological polar surface area (TPSA) is 93.7 Å². The third-order valence-electron chi connectivity index (χ3n) is 3.96. The molecule has 0 aliphatic heterocycles. The van der Waals surface area contributed by atoms with Crippen molar-refractivity contribution in [1.82, 2.24) is 5.32 Å². The molecule has 0 saturated heterocycles. The second-order valence-electron chi connectivity index (χ2n) is 6.06. The molecule has 0 aliphatic carbocycles. The summed E-state index contributed by atoms with van der Waals surface area (Å²) in [6.45, 7) is 1.41. The molecule has 1 aromatic heterocycles. The monoisotopic (exact) mass is 446 g/mol. The molecular formula is C21H19ClN2O5S. The molecule has 7 nitrogen and oxygen atoms in total. The van der Waals surface area contributed by atoms with Crippen LogP contribution in [0.5, 0.6) is 5.75 Å². The first-order valence-electron chi connectivity index (χ1n) is 9.12. The smallest absolute Gasteiger partial charge is 0.325 e. The van der Waals surface area contributed by atoms with Crippen LogP contribution in [0.4, 0.5) is 5.69 Å². The van der Waals surface area contributed by atoms with E-state index < -0.39 is 24.4 Å². The van der Waals surface area contributed by atoms with Crippen molar-refractivity contribution in [2.45, 2.75) is 6.92 Å². The van der Waals surface area contributed by atoms with Gasteiger partial charge in [-0.3, -0.25) is 14.4 Å². The first-order valence-corrected chi connectivity index (χ1v) is 10.3. The molecule has 30 heavy (non-hydrogen) atoms. The summed E-state index contributed by atoms with van der Waals surface area (Å²) >= 11 is 7.49. The quantitative estimate of drug-likeness (QED) is 0.512. The van der Waals surface area contributed by atoms with Gasteiger partial charge in [-0.25, -0.2) is 0 Å². The standard InChI is InChI=1S/C21H19ClN2O5S/c1-2-28-15-9-5-4-8-14(15)24-17(25)12-29-18(26)11-23-21(27)20-19(22)13-7-3-6-10-16(13)30-20/h3-10H,2,11-12H2,1H3,(H,23,27)(H,24,25). The van der Waals surface area contributed by atoms with E-state index in [0.717, 1.165) is 10.1 Å². The van der Waals surface area contributed by atoms with Crippen LogP contribution in [-0.2, 0) is 14.3 Å². The number of carbonyl (C=O) groups excluding carboxylic acids is 3. The summed E-state index contributed by atoms with van der Waals surface area (Å²) in [5, 5.41) is 6.20. The van der Waals surface area contributed by atoms with Crippen LogP contribution in [0.3, 0.4) is 0 Å². The SMILES string of the molecule is CCOc1ccccc1NC(=O)COC(=O)CNC(=O)c1sc2ccccc2c1Cl. The molecule has 2 N–H and O–H groups in total. The Hall–Kier alpha value is -3.10. The van der Waals surface area contributed by atoms with Gasteiger partial charge >= 0.3 is 5.97 Å². The van der Waals surface area contributed by atoms with E-state index in [9.17, 15) is 14.4 Å². The average Bonchev–Trinajstić information content (AvgIpc) is 3.09. The van der Waals surface area contributed by atoms with E-state index in [1.807, 2.05) is 31.2 Å². The highest BCUT2D eigenvalue weighted by molar-refractivity contribution is 7.21. The minimum atomic E-state index is -0.742. The molecule has 0 unspecified atom stereocenters. The molecule has 0 bridgehead atoms. The Morgan fingerprint density at radius 2 is 1.80 bits per heavy atom. The van der Waals surface area contributed by atoms with Crippen LogP contribution in [-0.4, -0.2) is 37.5 Å². The number of carbonyl (C=O) groups is 3. The van der Waals surface area contributed by atoms with Crippen LogP contribution >= 0.6 is 22.9 Å². The number of ether oxygens (including phenoxy) is 2. The molecule has 2 aromatic carbocycles. The van der Waals surface area contributed by atoms with Gasteiger partial charge in [-0.05, 0) is 25.1 Å². The fraction of sp³-hybridized carbons (Fsp3) is 0.190. The lowest BCUT2D eigenvalue weighted by Crippen LogP contribution is -2.32. The van der Waals surface area contributed by atoms with Crippen LogP contribution in [0.2, 0.25) is 5.02 Å². The fourth-order valence-corrected chi connectivity index (χ4v) is 4.06. The first-order chi connectivity index (χ1) is 14.5. The van der Waals surface area contributed by atoms with Gasteiger partial charge in [0.15, 0.2) is 6.61 Å². The molecule has 156 valence electrons. The second kappa shape index (κ2) is 10.1. The van der Waals surface area contributed by atoms with Gasteiger partial charge in [0.1, 0.15) is 17.2 Å². The lowest BCUT2D eigenvalue weighted by molar-refractivity contribution is -0.146. The van der Waals surface area contributed by atoms with Crippen molar-refractivity contribution in [2.24, 2.45) is 0 Å². The number of esters is 1. The molecule has 1 heterocycles. The third kappa shape index (κ3) is 5.28. The molecule has 2 amide bonds. The zero-order valence-electron chi connectivity index (χ0n) is 16.1. The first kappa shape index (κ1) is 21.6. The Labute approximate surface area is 181 Å². The van der Waals surface area contributed by atoms with Gasteiger partial charge in [0.2, 0.25) is 0 Å². The van der Waals surface area contributed by atoms with Crippen LogP contribution in [0.15, 0.2) is 48.5 Å². The van der Waals surface area contributed by atoms with Gasteiger partial charge in [-0.1, -0.05) is 41.9 Å². The molecule has 0 fully saturated rings. The van der Waals surface area contributed by atoms with Crippen LogP contribution in [0.1, 0.15) is 16.6 Å². The molecule has 0 saturated carbocycles. The molecule has 0 spiro atoms. The van der Waals surface area contributed by atoms with Crippen molar-refractivity contribution in [3.63, 3.8) is 0 Å². The van der Waals surface area contributed by atoms with E-state index in [4.69, 9.17) is 21.1 Å². The minimum Gasteiger partial charge on any atom is -0.492 e. The Morgan fingerprint density at radius 1 is 1.07 bits per heavy atom. The summed E-state index contributed by atoms with van der Waals surface area (Å²) in [6.07, 6.45) is 0. The number of benzene rings is 2. The molecule has 3 aromatic rings. The summed E-state index contributed by atoms with van der Waals surface area (Å²) in [5.74, 6) is -1.22. The normalized spacial score (nSPS) is 10.5. The Balaban J connectivity index is 1.48. The highest BCUT2D eigenvalue weighted by Gasteiger charge is 2.18. The van der Waals surface area contributed by atoms with E-state index in [2.05, 4.69) is 10.6 Å². The molecule has 0 aliphatic rings. The number of fused-ring (bicyclic) bond motifs is 1. The molecule has 9 heteroatoms. The second-order valence-corrected chi connectivity index (χ2v) is 7.49. The van der Waals surface area contributed by atoms with E-state index in [-0.39, 0.29) is 6.54 Å². The number of hydrogen-bond donors (Lipinski definition) is 2. The van der Waals surface area contributed by atoms with Crippen molar-refractivity contribution in [3.05, 3.63) is 58.4 Å². The Morgan fingerprint density at radius 3 is 2.57 bits per heavy atom. The van der Waals surface area contributed by atoms with Gasteiger partial charge in [-0.15, -0.1) is 11.3 Å². The van der Waals surface area contributed by atoms with Gasteiger partial charge in [-0.2, -0.15) is 0 Å². The largest absolute Gasteiger partial charge is 0.492 e. The summed E-state index contributed by atoms with van der Waals surface area (Å²) in [5.41, 5.74) is 0.480. The highest BCUT2D eigenvalue weighted by Crippen LogP contribution is 2.34. The van der Waals surface area contributed by atoms with Crippen molar-refractivity contribution in [1.29, 1.82) is 0 Å². The lowest BCUT2D eigenvalue weighted by Gasteiger charge is -2.11. The van der Waals surface area contributed by atoms with Crippen LogP contribution in [0.25, 0.3) is 10.1 Å². The lowest BCUT2D eigenvalue weighted by atomic mass is 10.2. The van der Waals surface area contributed by atoms with E-state index in [1.54, 1.807) is 24.3 Å². The number of anilines is 1. The van der Waals surface area contributed by atoms with Crippen molar-refractivity contribution < 1.29 is 23.9 Å². The Kier molecular flexibility index (Phi) is 7.26. The number of nitrogens with one attached hydrogen (secondary N) is 2. The summed E-state index contributed by atoms with van der Waals surface area (Å²) < 4.78 is 11.2. The van der Waals surface area contributed by atoms with E-state index in [0.29, 0.717) is 27.9 Å². The van der Waals surface area contributed by atoms with Crippen molar-refractivity contribution >= 4 is 56.5 Å². The van der Waals surface area contributed by atoms with Crippen LogP contribution < -0.4 is 15.4 Å². The molecule has 0 radical (unpaired) electrons. The predicted molar refractivity (Wildman–Crippen MR) is 116 cm³/mol. The maximum absolute atomic E-state index is 12.3.